The molecular formula is C12H24N8O7. The molecule has 4 atom stereocenters. The SMILES string of the molecule is CC(O)[C@H](NC(=O)N[C@@H](CC(N)=O)C(=O)NNC(=O)[C@@H](N)CO)C(=O)NN. The normalized spacial score (nSPS) is 14.7. The summed E-state index contributed by atoms with van der Waals surface area (Å²) in [4.78, 5) is 57.9. The number of nitrogens with one attached hydrogen (secondary N) is 5. The quantitative estimate of drug-likeness (QED) is 0.101. The van der Waals surface area contributed by atoms with Crippen molar-refractivity contribution >= 4 is 29.7 Å². The number of primary amides is 1. The first-order chi connectivity index (χ1) is 12.5. The Labute approximate surface area is 153 Å². The van der Waals surface area contributed by atoms with Gasteiger partial charge in [0.1, 0.15) is 18.1 Å². The third-order valence-electron chi connectivity index (χ3n) is 3.06. The highest BCUT2D eigenvalue weighted by molar-refractivity contribution is 5.94. The molecule has 0 aromatic carbocycles. The Bertz CT molecular complexity index is 570. The number of hydrogen-bond donors (Lipinski definition) is 10. The fourth-order valence-corrected chi connectivity index (χ4v) is 1.63. The molecule has 0 aromatic heterocycles. The molecule has 0 spiro atoms. The number of hydrogen-bond acceptors (Lipinski definition) is 9. The van der Waals surface area contributed by atoms with Crippen LogP contribution in [0.1, 0.15) is 13.3 Å². The second-order valence-corrected chi connectivity index (χ2v) is 5.34. The summed E-state index contributed by atoms with van der Waals surface area (Å²) in [5.74, 6) is 1.09. The van der Waals surface area contributed by atoms with Gasteiger partial charge in [0.05, 0.1) is 19.1 Å². The lowest BCUT2D eigenvalue weighted by molar-refractivity contribution is -0.132. The van der Waals surface area contributed by atoms with Crippen molar-refractivity contribution in [1.29, 1.82) is 0 Å². The van der Waals surface area contributed by atoms with Crippen molar-refractivity contribution in [2.45, 2.75) is 37.6 Å². The molecule has 154 valence electrons. The molecule has 0 saturated carbocycles. The first-order valence-electron chi connectivity index (χ1n) is 7.53. The van der Waals surface area contributed by atoms with Crippen molar-refractivity contribution in [3.8, 4) is 0 Å². The van der Waals surface area contributed by atoms with E-state index in [1.807, 2.05) is 10.9 Å². The average molecular weight is 392 g/mol. The number of rotatable bonds is 9. The molecule has 0 aromatic rings. The van der Waals surface area contributed by atoms with Crippen molar-refractivity contribution in [3.63, 3.8) is 0 Å². The Kier molecular flexibility index (Phi) is 10.3. The Morgan fingerprint density at radius 3 is 2.00 bits per heavy atom. The van der Waals surface area contributed by atoms with E-state index in [1.165, 1.54) is 6.92 Å². The van der Waals surface area contributed by atoms with E-state index in [4.69, 9.17) is 22.4 Å². The lowest BCUT2D eigenvalue weighted by atomic mass is 10.1. The monoisotopic (exact) mass is 392 g/mol. The predicted octanol–water partition coefficient (Wildman–Crippen LogP) is -6.26. The summed E-state index contributed by atoms with van der Waals surface area (Å²) in [7, 11) is 0. The van der Waals surface area contributed by atoms with Gasteiger partial charge in [-0.2, -0.15) is 0 Å². The number of carbonyl (C=O) groups excluding carboxylic acids is 5. The van der Waals surface area contributed by atoms with Gasteiger partial charge < -0.3 is 32.3 Å². The number of urea groups is 1. The van der Waals surface area contributed by atoms with E-state index < -0.39 is 66.9 Å². The molecule has 13 N–H and O–H groups in total. The van der Waals surface area contributed by atoms with E-state index in [1.54, 1.807) is 5.43 Å². The molecule has 1 unspecified atom stereocenters. The zero-order chi connectivity index (χ0) is 21.1. The van der Waals surface area contributed by atoms with Crippen LogP contribution in [0.5, 0.6) is 0 Å². The maximum absolute atomic E-state index is 12.0. The number of carbonyl (C=O) groups is 5. The molecule has 15 nitrogen and oxygen atoms in total. The molecule has 0 aliphatic heterocycles. The van der Waals surface area contributed by atoms with Gasteiger partial charge in [0.25, 0.3) is 17.7 Å². The van der Waals surface area contributed by atoms with Gasteiger partial charge in [-0.3, -0.25) is 35.5 Å². The van der Waals surface area contributed by atoms with Gasteiger partial charge in [0, 0.05) is 0 Å². The number of amides is 6. The third kappa shape index (κ3) is 8.77. The first-order valence-corrected chi connectivity index (χ1v) is 7.53. The van der Waals surface area contributed by atoms with Crippen LogP contribution in [0.4, 0.5) is 4.79 Å². The summed E-state index contributed by atoms with van der Waals surface area (Å²) in [6, 6.07) is -5.40. The molecular weight excluding hydrogens is 368 g/mol. The Hall–Kier alpha value is -3.01. The Morgan fingerprint density at radius 2 is 1.56 bits per heavy atom. The van der Waals surface area contributed by atoms with Gasteiger partial charge in [0.15, 0.2) is 0 Å². The van der Waals surface area contributed by atoms with Crippen LogP contribution in [0.3, 0.4) is 0 Å². The first kappa shape index (κ1) is 24.0. The van der Waals surface area contributed by atoms with Gasteiger partial charge in [-0.25, -0.2) is 10.6 Å². The summed E-state index contributed by atoms with van der Waals surface area (Å²) in [5, 5.41) is 22.3. The molecule has 0 rings (SSSR count). The summed E-state index contributed by atoms with van der Waals surface area (Å²) in [6.07, 6.45) is -1.98. The molecule has 0 aliphatic carbocycles. The number of nitrogens with two attached hydrogens (primary N) is 3. The average Bonchev–Trinajstić information content (AvgIpc) is 2.61. The van der Waals surface area contributed by atoms with Gasteiger partial charge in [-0.05, 0) is 6.92 Å². The fraction of sp³-hybridized carbons (Fsp3) is 0.583. The third-order valence-corrected chi connectivity index (χ3v) is 3.06. The van der Waals surface area contributed by atoms with E-state index in [2.05, 4.69) is 10.6 Å². The number of hydrazine groups is 2. The molecule has 27 heavy (non-hydrogen) atoms. The lowest BCUT2D eigenvalue weighted by Gasteiger charge is -2.22. The van der Waals surface area contributed by atoms with E-state index in [0.717, 1.165) is 0 Å². The largest absolute Gasteiger partial charge is 0.394 e. The van der Waals surface area contributed by atoms with Gasteiger partial charge >= 0.3 is 6.03 Å². The highest BCUT2D eigenvalue weighted by Crippen LogP contribution is 1.96. The van der Waals surface area contributed by atoms with Crippen LogP contribution in [0, 0.1) is 0 Å². The second-order valence-electron chi connectivity index (χ2n) is 5.34. The van der Waals surface area contributed by atoms with Crippen molar-refractivity contribution < 1.29 is 34.2 Å². The predicted molar refractivity (Wildman–Crippen MR) is 88.4 cm³/mol. The van der Waals surface area contributed by atoms with E-state index in [0.29, 0.717) is 0 Å². The number of aliphatic hydroxyl groups is 2. The van der Waals surface area contributed by atoms with Crippen molar-refractivity contribution in [3.05, 3.63) is 0 Å². The summed E-state index contributed by atoms with van der Waals surface area (Å²) < 4.78 is 0. The van der Waals surface area contributed by atoms with Crippen molar-refractivity contribution in [2.24, 2.45) is 17.3 Å². The van der Waals surface area contributed by atoms with Crippen LogP contribution in [-0.2, 0) is 19.2 Å². The van der Waals surface area contributed by atoms with E-state index in [-0.39, 0.29) is 0 Å². The maximum Gasteiger partial charge on any atom is 0.316 e. The second kappa shape index (κ2) is 11.6. The molecule has 0 radical (unpaired) electrons. The fourth-order valence-electron chi connectivity index (χ4n) is 1.63. The van der Waals surface area contributed by atoms with Crippen molar-refractivity contribution in [2.75, 3.05) is 6.61 Å². The molecule has 0 fully saturated rings. The van der Waals surface area contributed by atoms with Crippen LogP contribution in [-0.4, -0.2) is 70.7 Å². The standard InChI is InChI=1S/C12H24N8O7/c1-4(22)8(11(26)18-15)17-12(27)16-6(2-7(14)23)10(25)20-19-9(24)5(13)3-21/h4-6,8,21-22H,2-3,13,15H2,1H3,(H2,14,23)(H,18,26)(H,19,24)(H,20,25)(H2,16,17,27)/t4?,5-,6-,8-/m0/s1. The highest BCUT2D eigenvalue weighted by Gasteiger charge is 2.28. The van der Waals surface area contributed by atoms with Crippen LogP contribution in [0.25, 0.3) is 0 Å². The minimum absolute atomic E-state index is 0.649. The van der Waals surface area contributed by atoms with Crippen LogP contribution >= 0.6 is 0 Å². The zero-order valence-electron chi connectivity index (χ0n) is 14.4. The van der Waals surface area contributed by atoms with Crippen LogP contribution in [0.15, 0.2) is 0 Å². The smallest absolute Gasteiger partial charge is 0.316 e. The Balaban J connectivity index is 4.96. The highest BCUT2D eigenvalue weighted by atomic mass is 16.3. The van der Waals surface area contributed by atoms with Crippen molar-refractivity contribution in [1.82, 2.24) is 26.9 Å². The van der Waals surface area contributed by atoms with E-state index in [9.17, 15) is 29.1 Å². The molecule has 0 bridgehead atoms. The maximum atomic E-state index is 12.0. The lowest BCUT2D eigenvalue weighted by Crippen LogP contribution is -2.60. The van der Waals surface area contributed by atoms with Crippen LogP contribution in [0.2, 0.25) is 0 Å². The van der Waals surface area contributed by atoms with Gasteiger partial charge in [0.2, 0.25) is 5.91 Å². The van der Waals surface area contributed by atoms with Gasteiger partial charge in [-0.1, -0.05) is 0 Å². The minimum Gasteiger partial charge on any atom is -0.394 e. The molecule has 0 heterocycles. The molecule has 0 saturated heterocycles. The summed E-state index contributed by atoms with van der Waals surface area (Å²) >= 11 is 0. The number of aliphatic hydroxyl groups excluding tert-OH is 2. The van der Waals surface area contributed by atoms with Crippen LogP contribution < -0.4 is 44.2 Å². The molecule has 15 heteroatoms. The minimum atomic E-state index is -1.54. The van der Waals surface area contributed by atoms with Gasteiger partial charge in [-0.15, -0.1) is 0 Å². The zero-order valence-corrected chi connectivity index (χ0v) is 14.4. The summed E-state index contributed by atoms with van der Waals surface area (Å²) in [5.41, 5.74) is 15.7. The van der Waals surface area contributed by atoms with E-state index >= 15 is 0 Å². The Morgan fingerprint density at radius 1 is 1.00 bits per heavy atom. The topological polar surface area (TPSA) is 264 Å². The molecule has 6 amide bonds. The summed E-state index contributed by atoms with van der Waals surface area (Å²) in [6.45, 7) is 0.519. The molecule has 0 aliphatic rings.